The van der Waals surface area contributed by atoms with Gasteiger partial charge >= 0.3 is 0 Å². The van der Waals surface area contributed by atoms with Crippen LogP contribution in [-0.2, 0) is 0 Å². The number of aryl methyl sites for hydroxylation is 2. The second-order valence-electron chi connectivity index (χ2n) is 4.73. The van der Waals surface area contributed by atoms with Gasteiger partial charge in [-0.05, 0) is 47.5 Å². The fourth-order valence-corrected chi connectivity index (χ4v) is 2.63. The Morgan fingerprint density at radius 3 is 2.71 bits per heavy atom. The topological polar surface area (TPSA) is 26.3 Å². The van der Waals surface area contributed by atoms with Gasteiger partial charge in [0.25, 0.3) is 0 Å². The number of carbonyl (C=O) groups excluding carboxylic acids is 1. The van der Waals surface area contributed by atoms with E-state index >= 15 is 0 Å². The molecule has 0 aliphatic heterocycles. The fourth-order valence-electron chi connectivity index (χ4n) is 1.87. The zero-order chi connectivity index (χ0) is 15.6. The molecule has 0 N–H and O–H groups in total. The molecule has 0 unspecified atom stereocenters. The summed E-state index contributed by atoms with van der Waals surface area (Å²) in [5.41, 5.74) is 2.50. The van der Waals surface area contributed by atoms with Crippen LogP contribution >= 0.6 is 27.5 Å². The summed E-state index contributed by atoms with van der Waals surface area (Å²) in [7, 11) is 0. The highest BCUT2D eigenvalue weighted by Crippen LogP contribution is 2.30. The lowest BCUT2D eigenvalue weighted by Crippen LogP contribution is -2.13. The van der Waals surface area contributed by atoms with Crippen LogP contribution in [0.1, 0.15) is 21.5 Å². The van der Waals surface area contributed by atoms with E-state index in [0.717, 1.165) is 17.2 Å². The summed E-state index contributed by atoms with van der Waals surface area (Å²) in [6.07, 6.45) is 0. The SMILES string of the molecule is Cc1ccc(C)c(C(=O)COc2cc(F)c(Cl)cc2Br)c1. The first-order valence-corrected chi connectivity index (χ1v) is 7.43. The molecule has 0 heterocycles. The molecular formula is C16H13BrClFO2. The molecule has 0 atom stereocenters. The van der Waals surface area contributed by atoms with E-state index in [-0.39, 0.29) is 23.2 Å². The number of Topliss-reactive ketones (excluding diaryl/α,β-unsaturated/α-hetero) is 1. The number of hydrogen-bond acceptors (Lipinski definition) is 2. The van der Waals surface area contributed by atoms with Crippen molar-refractivity contribution >= 4 is 33.3 Å². The standard InChI is InChI=1S/C16H13BrClFO2/c1-9-3-4-10(2)11(5-9)15(20)8-21-16-7-14(19)13(18)6-12(16)17/h3-7H,8H2,1-2H3. The predicted molar refractivity (Wildman–Crippen MR) is 84.9 cm³/mol. The van der Waals surface area contributed by atoms with Crippen LogP contribution in [0.3, 0.4) is 0 Å². The van der Waals surface area contributed by atoms with Gasteiger partial charge < -0.3 is 4.74 Å². The Labute approximate surface area is 136 Å². The molecular weight excluding hydrogens is 359 g/mol. The first-order valence-electron chi connectivity index (χ1n) is 6.26. The average molecular weight is 372 g/mol. The van der Waals surface area contributed by atoms with E-state index in [4.69, 9.17) is 16.3 Å². The van der Waals surface area contributed by atoms with Crippen LogP contribution in [0.4, 0.5) is 4.39 Å². The van der Waals surface area contributed by atoms with E-state index in [0.29, 0.717) is 10.0 Å². The first-order chi connectivity index (χ1) is 9.88. The Morgan fingerprint density at radius 1 is 1.29 bits per heavy atom. The average Bonchev–Trinajstić information content (AvgIpc) is 2.43. The number of hydrogen-bond donors (Lipinski definition) is 0. The molecule has 0 fully saturated rings. The third kappa shape index (κ3) is 3.83. The third-order valence-electron chi connectivity index (χ3n) is 3.03. The Hall–Kier alpha value is -1.39. The molecule has 0 saturated carbocycles. The second-order valence-corrected chi connectivity index (χ2v) is 5.99. The molecule has 110 valence electrons. The molecule has 2 nitrogen and oxygen atoms in total. The summed E-state index contributed by atoms with van der Waals surface area (Å²) in [5, 5.41) is -0.00456. The van der Waals surface area contributed by atoms with Crippen molar-refractivity contribution in [3.8, 4) is 5.75 Å². The van der Waals surface area contributed by atoms with Crippen molar-refractivity contribution in [1.82, 2.24) is 0 Å². The number of carbonyl (C=O) groups is 1. The van der Waals surface area contributed by atoms with E-state index in [1.807, 2.05) is 32.0 Å². The van der Waals surface area contributed by atoms with E-state index in [2.05, 4.69) is 15.9 Å². The Balaban J connectivity index is 2.15. The molecule has 0 radical (unpaired) electrons. The Morgan fingerprint density at radius 2 is 2.00 bits per heavy atom. The van der Waals surface area contributed by atoms with Crippen molar-refractivity contribution in [2.45, 2.75) is 13.8 Å². The van der Waals surface area contributed by atoms with E-state index in [1.54, 1.807) is 0 Å². The lowest BCUT2D eigenvalue weighted by molar-refractivity contribution is 0.0920. The van der Waals surface area contributed by atoms with Gasteiger partial charge in [0.2, 0.25) is 0 Å². The minimum absolute atomic E-state index is 0.00456. The molecule has 0 aliphatic carbocycles. The van der Waals surface area contributed by atoms with Gasteiger partial charge in [0.05, 0.1) is 9.50 Å². The highest BCUT2D eigenvalue weighted by atomic mass is 79.9. The van der Waals surface area contributed by atoms with Crippen LogP contribution in [0.2, 0.25) is 5.02 Å². The van der Waals surface area contributed by atoms with Crippen molar-refractivity contribution < 1.29 is 13.9 Å². The number of benzene rings is 2. The summed E-state index contributed by atoms with van der Waals surface area (Å²) in [6.45, 7) is 3.62. The molecule has 21 heavy (non-hydrogen) atoms. The maximum absolute atomic E-state index is 13.4. The normalized spacial score (nSPS) is 10.5. The van der Waals surface area contributed by atoms with Crippen LogP contribution in [0.5, 0.6) is 5.75 Å². The van der Waals surface area contributed by atoms with Crippen LogP contribution < -0.4 is 4.74 Å². The molecule has 0 saturated heterocycles. The molecule has 0 bridgehead atoms. The Bertz CT molecular complexity index is 701. The highest BCUT2D eigenvalue weighted by Gasteiger charge is 2.13. The molecule has 0 amide bonds. The molecule has 0 aliphatic rings. The summed E-state index contributed by atoms with van der Waals surface area (Å²) in [6, 6.07) is 8.20. The third-order valence-corrected chi connectivity index (χ3v) is 3.94. The van der Waals surface area contributed by atoms with E-state index < -0.39 is 5.82 Å². The highest BCUT2D eigenvalue weighted by molar-refractivity contribution is 9.10. The number of rotatable bonds is 4. The number of halogens is 3. The molecule has 2 aromatic rings. The molecule has 2 aromatic carbocycles. The quantitative estimate of drug-likeness (QED) is 0.551. The van der Waals surface area contributed by atoms with Gasteiger partial charge in [0.15, 0.2) is 12.4 Å². The first kappa shape index (κ1) is 16.0. The van der Waals surface area contributed by atoms with Gasteiger partial charge in [-0.2, -0.15) is 0 Å². The summed E-state index contributed by atoms with van der Waals surface area (Å²) < 4.78 is 19.3. The smallest absolute Gasteiger partial charge is 0.200 e. The molecule has 2 rings (SSSR count). The van der Waals surface area contributed by atoms with Gasteiger partial charge in [-0.3, -0.25) is 4.79 Å². The van der Waals surface area contributed by atoms with Crippen LogP contribution in [0.15, 0.2) is 34.8 Å². The van der Waals surface area contributed by atoms with Crippen molar-refractivity contribution in [3.05, 3.63) is 62.3 Å². The monoisotopic (exact) mass is 370 g/mol. The van der Waals surface area contributed by atoms with Gasteiger partial charge in [0, 0.05) is 11.6 Å². The van der Waals surface area contributed by atoms with E-state index in [1.165, 1.54) is 6.07 Å². The minimum Gasteiger partial charge on any atom is -0.484 e. The van der Waals surface area contributed by atoms with Crippen molar-refractivity contribution in [2.24, 2.45) is 0 Å². The lowest BCUT2D eigenvalue weighted by Gasteiger charge is -2.10. The molecule has 0 aromatic heterocycles. The van der Waals surface area contributed by atoms with Crippen molar-refractivity contribution in [1.29, 1.82) is 0 Å². The fraction of sp³-hybridized carbons (Fsp3) is 0.188. The maximum Gasteiger partial charge on any atom is 0.200 e. The van der Waals surface area contributed by atoms with Gasteiger partial charge in [-0.1, -0.05) is 29.3 Å². The summed E-state index contributed by atoms with van der Waals surface area (Å²) >= 11 is 8.88. The second kappa shape index (κ2) is 6.58. The largest absolute Gasteiger partial charge is 0.484 e. The van der Waals surface area contributed by atoms with Gasteiger partial charge in [-0.25, -0.2) is 4.39 Å². The number of ketones is 1. The minimum atomic E-state index is -0.589. The van der Waals surface area contributed by atoms with Gasteiger partial charge in [0.1, 0.15) is 11.6 Å². The lowest BCUT2D eigenvalue weighted by atomic mass is 10.0. The van der Waals surface area contributed by atoms with E-state index in [9.17, 15) is 9.18 Å². The zero-order valence-electron chi connectivity index (χ0n) is 11.5. The number of ether oxygens (including phenoxy) is 1. The Kier molecular flexibility index (Phi) is 5.01. The van der Waals surface area contributed by atoms with Crippen LogP contribution in [0.25, 0.3) is 0 Å². The molecule has 0 spiro atoms. The summed E-state index contributed by atoms with van der Waals surface area (Å²) in [5.74, 6) is -0.497. The molecule has 5 heteroatoms. The van der Waals surface area contributed by atoms with Gasteiger partial charge in [-0.15, -0.1) is 0 Å². The van der Waals surface area contributed by atoms with Crippen molar-refractivity contribution in [3.63, 3.8) is 0 Å². The zero-order valence-corrected chi connectivity index (χ0v) is 13.9. The summed E-state index contributed by atoms with van der Waals surface area (Å²) in [4.78, 5) is 12.2. The van der Waals surface area contributed by atoms with Crippen molar-refractivity contribution in [2.75, 3.05) is 6.61 Å². The van der Waals surface area contributed by atoms with Crippen LogP contribution in [0, 0.1) is 19.7 Å². The predicted octanol–water partition coefficient (Wildman–Crippen LogP) is 5.12. The maximum atomic E-state index is 13.4. The van der Waals surface area contributed by atoms with Crippen LogP contribution in [-0.4, -0.2) is 12.4 Å².